The summed E-state index contributed by atoms with van der Waals surface area (Å²) in [5.41, 5.74) is 7.89. The number of anilines is 1. The van der Waals surface area contributed by atoms with Crippen molar-refractivity contribution in [3.8, 4) is 22.6 Å². The molecule has 1 saturated heterocycles. The fourth-order valence-electron chi connectivity index (χ4n) is 7.61. The van der Waals surface area contributed by atoms with E-state index in [1.165, 1.54) is 24.8 Å². The van der Waals surface area contributed by atoms with Gasteiger partial charge in [-0.25, -0.2) is 4.98 Å². The molecule has 1 amide bonds. The van der Waals surface area contributed by atoms with Crippen molar-refractivity contribution in [2.24, 2.45) is 7.05 Å². The number of nitrogens with zero attached hydrogens (tertiary/aromatic N) is 4. The number of likely N-dealkylation sites (N-methyl/N-ethyl adjacent to an activating group) is 1. The van der Waals surface area contributed by atoms with E-state index in [1.807, 2.05) is 48.0 Å². The van der Waals surface area contributed by atoms with Crippen LogP contribution in [0.2, 0.25) is 10.0 Å². The molecule has 0 radical (unpaired) electrons. The maximum Gasteiger partial charge on any atom is 0.291 e. The van der Waals surface area contributed by atoms with Crippen LogP contribution in [0.15, 0.2) is 48.5 Å². The van der Waals surface area contributed by atoms with Crippen molar-refractivity contribution in [1.82, 2.24) is 19.4 Å². The van der Waals surface area contributed by atoms with Crippen molar-refractivity contribution in [1.29, 1.82) is 0 Å². The summed E-state index contributed by atoms with van der Waals surface area (Å²) in [4.78, 5) is 22.8. The molecule has 4 aromatic rings. The lowest BCUT2D eigenvalue weighted by atomic mass is 9.96. The Kier molecular flexibility index (Phi) is 9.44. The van der Waals surface area contributed by atoms with Crippen molar-refractivity contribution >= 4 is 34.8 Å². The number of carbonyl (C=O) groups is 1. The van der Waals surface area contributed by atoms with Gasteiger partial charge in [0, 0.05) is 62.0 Å². The fourth-order valence-corrected chi connectivity index (χ4v) is 8.12. The second-order valence-corrected chi connectivity index (χ2v) is 14.2. The Morgan fingerprint density at radius 3 is 2.62 bits per heavy atom. The predicted molar refractivity (Wildman–Crippen MR) is 192 cm³/mol. The third kappa shape index (κ3) is 6.31. The molecular formula is C38H43Cl2N5O3. The molecule has 0 saturated carbocycles. The van der Waals surface area contributed by atoms with Gasteiger partial charge >= 0.3 is 0 Å². The van der Waals surface area contributed by atoms with E-state index in [9.17, 15) is 4.79 Å². The van der Waals surface area contributed by atoms with Crippen LogP contribution < -0.4 is 14.8 Å². The standard InChI is InChI=1S/C38H43Cl2N5O3/c1-23-9-5-6-17-45(23)21-24-19-29(39)35(20-34(24)47-4)48-33-15-14-26-25(10-7-11-27(26)33)28-12-8-13-30(36(28)40)42-38(46)37-41-31-22-43(2)18-16-32(31)44(37)3/h7-8,10-13,19-20,23,33H,5-6,9,14-18,21-22H2,1-4H3,(H,42,46). The van der Waals surface area contributed by atoms with Crippen LogP contribution in [0.5, 0.6) is 11.5 Å². The summed E-state index contributed by atoms with van der Waals surface area (Å²) in [5, 5.41) is 4.12. The average molecular weight is 689 g/mol. The van der Waals surface area contributed by atoms with Crippen LogP contribution in [-0.4, -0.2) is 58.5 Å². The lowest BCUT2D eigenvalue weighted by molar-refractivity contribution is 0.101. The molecule has 1 aliphatic carbocycles. The highest BCUT2D eigenvalue weighted by atomic mass is 35.5. The second kappa shape index (κ2) is 13.7. The number of methoxy groups -OCH3 is 1. The summed E-state index contributed by atoms with van der Waals surface area (Å²) >= 11 is 13.9. The predicted octanol–water partition coefficient (Wildman–Crippen LogP) is 8.08. The number of halogens is 2. The molecule has 1 aromatic heterocycles. The molecule has 2 aliphatic heterocycles. The fraction of sp³-hybridized carbons (Fsp3) is 0.421. The van der Waals surface area contributed by atoms with Gasteiger partial charge in [0.1, 0.15) is 17.6 Å². The maximum atomic E-state index is 13.4. The zero-order valence-electron chi connectivity index (χ0n) is 28.1. The Balaban J connectivity index is 1.11. The molecule has 8 nitrogen and oxygen atoms in total. The Morgan fingerprint density at radius 1 is 1.00 bits per heavy atom. The first-order valence-electron chi connectivity index (χ1n) is 16.9. The molecule has 252 valence electrons. The van der Waals surface area contributed by atoms with Gasteiger partial charge in [0.25, 0.3) is 5.91 Å². The summed E-state index contributed by atoms with van der Waals surface area (Å²) in [6.07, 6.45) is 6.07. The van der Waals surface area contributed by atoms with Crippen molar-refractivity contribution in [3.05, 3.63) is 92.5 Å². The zero-order valence-corrected chi connectivity index (χ0v) is 29.6. The quantitative estimate of drug-likeness (QED) is 0.202. The minimum Gasteiger partial charge on any atom is -0.496 e. The molecule has 1 N–H and O–H groups in total. The number of piperidine rings is 1. The van der Waals surface area contributed by atoms with E-state index in [1.54, 1.807) is 7.11 Å². The zero-order chi connectivity index (χ0) is 33.5. The van der Waals surface area contributed by atoms with E-state index < -0.39 is 0 Å². The molecule has 0 bridgehead atoms. The van der Waals surface area contributed by atoms with E-state index in [2.05, 4.69) is 46.2 Å². The highest BCUT2D eigenvalue weighted by Gasteiger charge is 2.30. The highest BCUT2D eigenvalue weighted by Crippen LogP contribution is 2.45. The molecule has 1 fully saturated rings. The number of carbonyl (C=O) groups excluding carboxylic acids is 1. The van der Waals surface area contributed by atoms with Crippen LogP contribution >= 0.6 is 23.2 Å². The number of fused-ring (bicyclic) bond motifs is 2. The van der Waals surface area contributed by atoms with Gasteiger partial charge in [-0.05, 0) is 75.0 Å². The number of benzene rings is 3. The molecule has 3 aliphatic rings. The minimum atomic E-state index is -0.274. The Bertz CT molecular complexity index is 1860. The van der Waals surface area contributed by atoms with Gasteiger partial charge in [-0.1, -0.05) is 60.0 Å². The molecule has 3 aromatic carbocycles. The number of hydrogen-bond donors (Lipinski definition) is 1. The molecule has 0 spiro atoms. The number of rotatable bonds is 8. The number of aromatic nitrogens is 2. The summed E-state index contributed by atoms with van der Waals surface area (Å²) in [6, 6.07) is 16.5. The lowest BCUT2D eigenvalue weighted by Crippen LogP contribution is -2.36. The second-order valence-electron chi connectivity index (χ2n) is 13.4. The summed E-state index contributed by atoms with van der Waals surface area (Å²) in [7, 11) is 5.68. The maximum absolute atomic E-state index is 13.4. The van der Waals surface area contributed by atoms with Crippen LogP contribution in [-0.2, 0) is 33.0 Å². The first-order valence-corrected chi connectivity index (χ1v) is 17.7. The number of hydrogen-bond acceptors (Lipinski definition) is 6. The largest absolute Gasteiger partial charge is 0.496 e. The molecule has 2 atom stereocenters. The van der Waals surface area contributed by atoms with Gasteiger partial charge in [0.2, 0.25) is 0 Å². The summed E-state index contributed by atoms with van der Waals surface area (Å²) < 4.78 is 14.3. The van der Waals surface area contributed by atoms with Gasteiger partial charge < -0.3 is 24.3 Å². The Labute approximate surface area is 292 Å². The minimum absolute atomic E-state index is 0.162. The number of likely N-dealkylation sites (tertiary alicyclic amines) is 1. The van der Waals surface area contributed by atoms with Gasteiger partial charge in [-0.3, -0.25) is 9.69 Å². The molecule has 10 heteroatoms. The SMILES string of the molecule is COc1cc(OC2CCc3c(-c4cccc(NC(=O)c5nc6c(n5C)CCN(C)C6)c4Cl)cccc32)c(Cl)cc1CN1CCCCC1C. The van der Waals surface area contributed by atoms with E-state index in [4.69, 9.17) is 32.7 Å². The third-order valence-electron chi connectivity index (χ3n) is 10.3. The number of nitrogens with one attached hydrogen (secondary N) is 1. The van der Waals surface area contributed by atoms with Gasteiger partial charge in [0.05, 0.1) is 28.5 Å². The van der Waals surface area contributed by atoms with Crippen LogP contribution in [0.1, 0.15) is 77.4 Å². The molecule has 3 heterocycles. The molecular weight excluding hydrogens is 645 g/mol. The highest BCUT2D eigenvalue weighted by molar-refractivity contribution is 6.36. The summed E-state index contributed by atoms with van der Waals surface area (Å²) in [5.74, 6) is 1.53. The number of amides is 1. The van der Waals surface area contributed by atoms with Crippen LogP contribution in [0.4, 0.5) is 5.69 Å². The van der Waals surface area contributed by atoms with Crippen molar-refractivity contribution in [2.45, 2.75) is 70.7 Å². The monoisotopic (exact) mass is 687 g/mol. The van der Waals surface area contributed by atoms with E-state index in [0.29, 0.717) is 33.3 Å². The van der Waals surface area contributed by atoms with Gasteiger partial charge in [-0.2, -0.15) is 0 Å². The lowest BCUT2D eigenvalue weighted by Gasteiger charge is -2.33. The first kappa shape index (κ1) is 33.0. The van der Waals surface area contributed by atoms with Crippen LogP contribution in [0, 0.1) is 0 Å². The topological polar surface area (TPSA) is 71.9 Å². The average Bonchev–Trinajstić information content (AvgIpc) is 3.64. The molecule has 2 unspecified atom stereocenters. The Hall–Kier alpha value is -3.56. The Morgan fingerprint density at radius 2 is 1.81 bits per heavy atom. The first-order chi connectivity index (χ1) is 23.2. The van der Waals surface area contributed by atoms with Crippen LogP contribution in [0.3, 0.4) is 0 Å². The number of ether oxygens (including phenoxy) is 2. The van der Waals surface area contributed by atoms with E-state index in [-0.39, 0.29) is 12.0 Å². The molecule has 48 heavy (non-hydrogen) atoms. The third-order valence-corrected chi connectivity index (χ3v) is 11.0. The van der Waals surface area contributed by atoms with E-state index >= 15 is 0 Å². The molecule has 7 rings (SSSR count). The van der Waals surface area contributed by atoms with Crippen molar-refractivity contribution in [3.63, 3.8) is 0 Å². The van der Waals surface area contributed by atoms with Crippen molar-refractivity contribution < 1.29 is 14.3 Å². The van der Waals surface area contributed by atoms with Crippen molar-refractivity contribution in [2.75, 3.05) is 32.6 Å². The van der Waals surface area contributed by atoms with Gasteiger partial charge in [0.15, 0.2) is 5.82 Å². The van der Waals surface area contributed by atoms with Crippen LogP contribution in [0.25, 0.3) is 11.1 Å². The van der Waals surface area contributed by atoms with E-state index in [0.717, 1.165) is 84.8 Å². The number of imidazole rings is 1. The normalized spacial score (nSPS) is 19.5. The smallest absolute Gasteiger partial charge is 0.291 e. The van der Waals surface area contributed by atoms with Gasteiger partial charge in [-0.15, -0.1) is 0 Å². The summed E-state index contributed by atoms with van der Waals surface area (Å²) in [6.45, 7) is 5.87.